The zero-order chi connectivity index (χ0) is 22.1. The molecule has 6 atom stereocenters. The monoisotopic (exact) mass is 452 g/mol. The van der Waals surface area contributed by atoms with Crippen LogP contribution in [0.1, 0.15) is 16.8 Å². The minimum Gasteiger partial charge on any atom is -0.484 e. The van der Waals surface area contributed by atoms with E-state index in [9.17, 15) is 18.8 Å². The second-order valence-corrected chi connectivity index (χ2v) is 9.27. The first kappa shape index (κ1) is 19.6. The Kier molecular flexibility index (Phi) is 4.27. The van der Waals surface area contributed by atoms with Crippen molar-refractivity contribution in [2.75, 3.05) is 11.5 Å². The Labute approximate surface area is 188 Å². The number of benzene rings is 1. The van der Waals surface area contributed by atoms with Crippen LogP contribution in [0.15, 0.2) is 48.7 Å². The van der Waals surface area contributed by atoms with E-state index >= 15 is 0 Å². The van der Waals surface area contributed by atoms with Crippen LogP contribution in [0, 0.1) is 41.3 Å². The number of ether oxygens (including phenoxy) is 1. The van der Waals surface area contributed by atoms with Gasteiger partial charge in [0.1, 0.15) is 17.4 Å². The lowest BCUT2D eigenvalue weighted by Crippen LogP contribution is -2.40. The summed E-state index contributed by atoms with van der Waals surface area (Å²) in [5.74, 6) is 0.112. The third kappa shape index (κ3) is 2.84. The van der Waals surface area contributed by atoms with E-state index in [1.54, 1.807) is 12.1 Å². The van der Waals surface area contributed by atoms with E-state index in [0.717, 1.165) is 12.5 Å². The number of aromatic nitrogens is 1. The number of amides is 2. The zero-order valence-electron chi connectivity index (χ0n) is 16.8. The highest BCUT2D eigenvalue weighted by Crippen LogP contribution is 2.65. The van der Waals surface area contributed by atoms with Crippen molar-refractivity contribution < 1.29 is 23.5 Å². The summed E-state index contributed by atoms with van der Waals surface area (Å²) in [7, 11) is 0. The number of hydrogen-bond acceptors (Lipinski definition) is 5. The number of allylic oxidation sites excluding steroid dienone is 2. The molecule has 4 aliphatic carbocycles. The average molecular weight is 453 g/mol. The molecule has 1 aromatic heterocycles. The van der Waals surface area contributed by atoms with Crippen LogP contribution in [0.5, 0.6) is 5.75 Å². The number of anilines is 1. The van der Waals surface area contributed by atoms with Gasteiger partial charge < -0.3 is 4.74 Å². The van der Waals surface area contributed by atoms with E-state index in [4.69, 9.17) is 16.3 Å². The molecule has 4 unspecified atom stereocenters. The summed E-state index contributed by atoms with van der Waals surface area (Å²) >= 11 is 5.71. The van der Waals surface area contributed by atoms with Gasteiger partial charge in [-0.05, 0) is 60.4 Å². The number of Topliss-reactive ketones (excluding diaryl/α,β-unsaturated/α-hetero) is 1. The molecule has 0 spiro atoms. The molecule has 2 heterocycles. The van der Waals surface area contributed by atoms with Gasteiger partial charge in [-0.25, -0.2) is 14.3 Å². The maximum atomic E-state index is 13.3. The summed E-state index contributed by atoms with van der Waals surface area (Å²) < 4.78 is 18.7. The number of pyridine rings is 1. The Balaban J connectivity index is 1.15. The Morgan fingerprint density at radius 1 is 1.09 bits per heavy atom. The lowest BCUT2D eigenvalue weighted by atomic mass is 9.63. The van der Waals surface area contributed by atoms with Crippen molar-refractivity contribution in [3.05, 3.63) is 65.1 Å². The predicted octanol–water partition coefficient (Wildman–Crippen LogP) is 3.69. The fourth-order valence-corrected chi connectivity index (χ4v) is 5.86. The fraction of sp³-hybridized carbons (Fsp3) is 0.333. The van der Waals surface area contributed by atoms with Gasteiger partial charge >= 0.3 is 0 Å². The molecule has 5 aliphatic rings. The Morgan fingerprint density at radius 2 is 1.78 bits per heavy atom. The van der Waals surface area contributed by atoms with Crippen molar-refractivity contribution in [1.29, 1.82) is 0 Å². The fourth-order valence-electron chi connectivity index (χ4n) is 5.67. The molecule has 0 N–H and O–H groups in total. The number of imide groups is 1. The van der Waals surface area contributed by atoms with E-state index in [-0.39, 0.29) is 64.3 Å². The summed E-state index contributed by atoms with van der Waals surface area (Å²) in [6, 6.07) is 6.83. The first-order valence-corrected chi connectivity index (χ1v) is 10.9. The largest absolute Gasteiger partial charge is 0.484 e. The van der Waals surface area contributed by atoms with E-state index in [0.29, 0.717) is 17.6 Å². The van der Waals surface area contributed by atoms with Gasteiger partial charge in [-0.1, -0.05) is 23.8 Å². The van der Waals surface area contributed by atoms with Crippen molar-refractivity contribution in [1.82, 2.24) is 4.98 Å². The smallest absolute Gasteiger partial charge is 0.239 e. The van der Waals surface area contributed by atoms with E-state index in [2.05, 4.69) is 17.1 Å². The highest BCUT2D eigenvalue weighted by molar-refractivity contribution is 6.31. The van der Waals surface area contributed by atoms with Crippen LogP contribution in [0.25, 0.3) is 0 Å². The Bertz CT molecular complexity index is 1160. The van der Waals surface area contributed by atoms with Gasteiger partial charge in [0, 0.05) is 5.56 Å². The van der Waals surface area contributed by atoms with Gasteiger partial charge in [-0.2, -0.15) is 0 Å². The normalized spacial score (nSPS) is 31.5. The lowest BCUT2D eigenvalue weighted by molar-refractivity contribution is -0.124. The van der Waals surface area contributed by atoms with Crippen molar-refractivity contribution in [3.63, 3.8) is 0 Å². The molecule has 1 aromatic carbocycles. The third-order valence-electron chi connectivity index (χ3n) is 7.22. The number of carbonyl (C=O) groups is 3. The molecule has 2 amide bonds. The summed E-state index contributed by atoms with van der Waals surface area (Å²) in [5, 5.41) is -0.136. The van der Waals surface area contributed by atoms with E-state index < -0.39 is 5.82 Å². The van der Waals surface area contributed by atoms with Gasteiger partial charge in [0.2, 0.25) is 11.8 Å². The zero-order valence-corrected chi connectivity index (χ0v) is 17.5. The first-order valence-electron chi connectivity index (χ1n) is 10.6. The molecule has 32 heavy (non-hydrogen) atoms. The molecular weight excluding hydrogens is 435 g/mol. The van der Waals surface area contributed by atoms with Crippen LogP contribution >= 0.6 is 11.6 Å². The maximum Gasteiger partial charge on any atom is 0.239 e. The van der Waals surface area contributed by atoms with Crippen molar-refractivity contribution >= 4 is 35.0 Å². The van der Waals surface area contributed by atoms with E-state index in [1.165, 1.54) is 23.2 Å². The molecular formula is C24H18ClFN2O4. The van der Waals surface area contributed by atoms with Crippen molar-refractivity contribution in [2.45, 2.75) is 6.42 Å². The Morgan fingerprint density at radius 3 is 2.38 bits per heavy atom. The van der Waals surface area contributed by atoms with E-state index in [1.807, 2.05) is 0 Å². The molecule has 1 aliphatic heterocycles. The van der Waals surface area contributed by atoms with Crippen LogP contribution in [0.4, 0.5) is 10.2 Å². The number of hydrogen-bond donors (Lipinski definition) is 0. The molecule has 7 rings (SSSR count). The van der Waals surface area contributed by atoms with Gasteiger partial charge in [0.15, 0.2) is 12.4 Å². The molecule has 2 aromatic rings. The summed E-state index contributed by atoms with van der Waals surface area (Å²) in [6.45, 7) is -0.285. The molecule has 8 heteroatoms. The van der Waals surface area contributed by atoms with Crippen LogP contribution in [0.3, 0.4) is 0 Å². The van der Waals surface area contributed by atoms with Gasteiger partial charge in [0.25, 0.3) is 0 Å². The summed E-state index contributed by atoms with van der Waals surface area (Å²) in [6.07, 6.45) is 6.75. The average Bonchev–Trinajstić information content (AvgIpc) is 3.58. The van der Waals surface area contributed by atoms with Crippen LogP contribution < -0.4 is 9.64 Å². The molecule has 0 radical (unpaired) electrons. The molecule has 3 fully saturated rings. The number of ketones is 1. The highest BCUT2D eigenvalue weighted by atomic mass is 35.5. The molecule has 1 saturated heterocycles. The van der Waals surface area contributed by atoms with Gasteiger partial charge in [-0.15, -0.1) is 0 Å². The third-order valence-corrected chi connectivity index (χ3v) is 7.51. The van der Waals surface area contributed by atoms with Crippen molar-refractivity contribution in [2.24, 2.45) is 35.5 Å². The standard InChI is InChI=1S/C24H18ClFN2O4/c25-17-7-11(1-5-18(17)26)19(29)10-32-12-2-6-20(27-9-12)28-23(30)21-13-3-4-14(16-8-15(13)16)22(21)24(28)31/h1-7,9,13-16,21-22H,8,10H2/t13-,14?,15?,16-,21?,22?/m1/s1. The molecule has 2 saturated carbocycles. The lowest BCUT2D eigenvalue weighted by Gasteiger charge is -2.37. The van der Waals surface area contributed by atoms with Gasteiger partial charge in [-0.3, -0.25) is 14.4 Å². The topological polar surface area (TPSA) is 76.6 Å². The summed E-state index contributed by atoms with van der Waals surface area (Å²) in [5.41, 5.74) is 0.234. The second-order valence-electron chi connectivity index (χ2n) is 8.86. The Hall–Kier alpha value is -3.06. The van der Waals surface area contributed by atoms with Crippen LogP contribution in [-0.4, -0.2) is 29.2 Å². The molecule has 2 bridgehead atoms. The SMILES string of the molecule is O=C(COc1ccc(N2C(=O)C3C(C2=O)[C@@H]2C=CC3[C@H]3CC23)nc1)c1ccc(F)c(Cl)c1. The number of carbonyl (C=O) groups excluding carboxylic acids is 3. The predicted molar refractivity (Wildman–Crippen MR) is 113 cm³/mol. The molecule has 162 valence electrons. The minimum atomic E-state index is -0.601. The highest BCUT2D eigenvalue weighted by Gasteiger charge is 2.67. The maximum absolute atomic E-state index is 13.3. The summed E-state index contributed by atoms with van der Waals surface area (Å²) in [4.78, 5) is 44.0. The second kappa shape index (κ2) is 6.97. The number of halogens is 2. The number of nitrogens with zero attached hydrogens (tertiary/aromatic N) is 2. The van der Waals surface area contributed by atoms with Crippen molar-refractivity contribution in [3.8, 4) is 5.75 Å². The van der Waals surface area contributed by atoms with Crippen LogP contribution in [0.2, 0.25) is 5.02 Å². The van der Waals surface area contributed by atoms with Gasteiger partial charge in [0.05, 0.1) is 23.1 Å². The quantitative estimate of drug-likeness (QED) is 0.393. The molecule has 6 nitrogen and oxygen atoms in total. The van der Waals surface area contributed by atoms with Crippen LogP contribution in [-0.2, 0) is 9.59 Å². The first-order chi connectivity index (χ1) is 15.4. The minimum absolute atomic E-state index is 0.136. The number of rotatable bonds is 5.